The zero-order valence-corrected chi connectivity index (χ0v) is 17.6. The van der Waals surface area contributed by atoms with Gasteiger partial charge in [0.15, 0.2) is 5.16 Å². The molecule has 1 heterocycles. The molecule has 0 spiro atoms. The van der Waals surface area contributed by atoms with Crippen molar-refractivity contribution in [3.05, 3.63) is 70.5 Å². The van der Waals surface area contributed by atoms with E-state index in [1.54, 1.807) is 0 Å². The van der Waals surface area contributed by atoms with Gasteiger partial charge in [0.1, 0.15) is 5.82 Å². The van der Waals surface area contributed by atoms with Crippen molar-refractivity contribution in [3.8, 4) is 0 Å². The molecule has 140 valence electrons. The number of benzene rings is 2. The van der Waals surface area contributed by atoms with Gasteiger partial charge in [-0.25, -0.2) is 0 Å². The molecule has 1 atom stereocenters. The molecule has 0 aliphatic rings. The van der Waals surface area contributed by atoms with Gasteiger partial charge in [-0.3, -0.25) is 4.79 Å². The lowest BCUT2D eigenvalue weighted by atomic mass is 10.1. The van der Waals surface area contributed by atoms with Crippen molar-refractivity contribution in [1.82, 2.24) is 14.8 Å². The molecule has 1 unspecified atom stereocenters. The minimum Gasteiger partial charge on any atom is -0.325 e. The lowest BCUT2D eigenvalue weighted by Crippen LogP contribution is -2.23. The highest BCUT2D eigenvalue weighted by atomic mass is 79.9. The largest absolute Gasteiger partial charge is 0.325 e. The van der Waals surface area contributed by atoms with E-state index >= 15 is 0 Å². The summed E-state index contributed by atoms with van der Waals surface area (Å²) in [6.45, 7) is 4.71. The molecule has 1 N–H and O–H groups in total. The monoisotopic (exact) mass is 444 g/mol. The summed E-state index contributed by atoms with van der Waals surface area (Å²) in [7, 11) is 0. The number of hydrogen-bond donors (Lipinski definition) is 1. The molecule has 1 aromatic heterocycles. The summed E-state index contributed by atoms with van der Waals surface area (Å²) in [5, 5.41) is 12.1. The Morgan fingerprint density at radius 2 is 1.85 bits per heavy atom. The first-order valence-corrected chi connectivity index (χ1v) is 10.4. The summed E-state index contributed by atoms with van der Waals surface area (Å²) in [6, 6.07) is 17.7. The lowest BCUT2D eigenvalue weighted by molar-refractivity contribution is -0.115. The first-order chi connectivity index (χ1) is 13.1. The van der Waals surface area contributed by atoms with Gasteiger partial charge in [-0.05, 0) is 43.7 Å². The van der Waals surface area contributed by atoms with Crippen molar-refractivity contribution < 1.29 is 4.79 Å². The molecule has 2 aromatic carbocycles. The quantitative estimate of drug-likeness (QED) is 0.533. The predicted molar refractivity (Wildman–Crippen MR) is 113 cm³/mol. The van der Waals surface area contributed by atoms with E-state index in [4.69, 9.17) is 0 Å². The first-order valence-electron chi connectivity index (χ1n) is 8.76. The number of carbonyl (C=O) groups is 1. The van der Waals surface area contributed by atoms with Crippen molar-refractivity contribution in [2.75, 3.05) is 5.32 Å². The van der Waals surface area contributed by atoms with Crippen LogP contribution in [0.15, 0.2) is 64.2 Å². The third-order valence-electron chi connectivity index (χ3n) is 4.08. The fourth-order valence-corrected chi connectivity index (χ4v) is 3.82. The van der Waals surface area contributed by atoms with Crippen molar-refractivity contribution >= 4 is 39.3 Å². The van der Waals surface area contributed by atoms with E-state index in [0.29, 0.717) is 0 Å². The highest BCUT2D eigenvalue weighted by Crippen LogP contribution is 2.24. The Hall–Kier alpha value is -2.12. The van der Waals surface area contributed by atoms with E-state index < -0.39 is 0 Å². The van der Waals surface area contributed by atoms with Crippen LogP contribution in [-0.4, -0.2) is 25.9 Å². The normalized spacial score (nSPS) is 12.0. The molecule has 0 saturated heterocycles. The molecule has 0 bridgehead atoms. The van der Waals surface area contributed by atoms with E-state index in [2.05, 4.69) is 55.1 Å². The standard InChI is InChI=1S/C20H21BrN4OS/c1-3-25-18(13-15-7-5-4-6-8-15)23-24-20(25)27-14(2)19(26)22-17-11-9-16(21)10-12-17/h4-12,14H,3,13H2,1-2H3,(H,22,26). The van der Waals surface area contributed by atoms with Gasteiger partial charge in [-0.1, -0.05) is 58.0 Å². The molecule has 1 amide bonds. The smallest absolute Gasteiger partial charge is 0.237 e. The van der Waals surface area contributed by atoms with Gasteiger partial charge in [0.25, 0.3) is 0 Å². The van der Waals surface area contributed by atoms with Crippen molar-refractivity contribution in [2.45, 2.75) is 37.2 Å². The number of hydrogen-bond acceptors (Lipinski definition) is 4. The molecule has 0 saturated carbocycles. The van der Waals surface area contributed by atoms with Crippen LogP contribution < -0.4 is 5.32 Å². The third kappa shape index (κ3) is 5.20. The van der Waals surface area contributed by atoms with Gasteiger partial charge in [0.2, 0.25) is 5.91 Å². The maximum Gasteiger partial charge on any atom is 0.237 e. The zero-order chi connectivity index (χ0) is 19.2. The lowest BCUT2D eigenvalue weighted by Gasteiger charge is -2.13. The fraction of sp³-hybridized carbons (Fsp3) is 0.250. The van der Waals surface area contributed by atoms with Crippen LogP contribution in [0, 0.1) is 0 Å². The topological polar surface area (TPSA) is 59.8 Å². The molecular formula is C20H21BrN4OS. The second kappa shape index (κ2) is 9.19. The Morgan fingerprint density at radius 1 is 1.15 bits per heavy atom. The third-order valence-corrected chi connectivity index (χ3v) is 5.69. The minimum absolute atomic E-state index is 0.0578. The predicted octanol–water partition coefficient (Wildman–Crippen LogP) is 4.77. The van der Waals surface area contributed by atoms with Crippen LogP contribution in [-0.2, 0) is 17.8 Å². The number of thioether (sulfide) groups is 1. The number of nitrogens with zero attached hydrogens (tertiary/aromatic N) is 3. The van der Waals surface area contributed by atoms with Crippen LogP contribution in [0.2, 0.25) is 0 Å². The van der Waals surface area contributed by atoms with Gasteiger partial charge in [-0.2, -0.15) is 0 Å². The summed E-state index contributed by atoms with van der Waals surface area (Å²) in [5.74, 6) is 0.851. The number of aromatic nitrogens is 3. The minimum atomic E-state index is -0.285. The highest BCUT2D eigenvalue weighted by Gasteiger charge is 2.20. The Labute approximate surface area is 171 Å². The van der Waals surface area contributed by atoms with Gasteiger partial charge in [0, 0.05) is 23.1 Å². The Bertz CT molecular complexity index is 896. The van der Waals surface area contributed by atoms with E-state index in [0.717, 1.165) is 34.1 Å². The maximum absolute atomic E-state index is 12.5. The van der Waals surface area contributed by atoms with Crippen LogP contribution in [0.1, 0.15) is 25.2 Å². The summed E-state index contributed by atoms with van der Waals surface area (Å²) >= 11 is 4.82. The van der Waals surface area contributed by atoms with Gasteiger partial charge < -0.3 is 9.88 Å². The number of nitrogens with one attached hydrogen (secondary N) is 1. The molecule has 0 radical (unpaired) electrons. The number of rotatable bonds is 7. The molecule has 3 rings (SSSR count). The molecule has 0 aliphatic heterocycles. The van der Waals surface area contributed by atoms with E-state index in [1.807, 2.05) is 49.4 Å². The summed E-state index contributed by atoms with van der Waals surface area (Å²) in [4.78, 5) is 12.5. The average Bonchev–Trinajstić information content (AvgIpc) is 3.05. The number of amides is 1. The van der Waals surface area contributed by atoms with Gasteiger partial charge in [0.05, 0.1) is 5.25 Å². The van der Waals surface area contributed by atoms with Crippen molar-refractivity contribution in [2.24, 2.45) is 0 Å². The number of halogens is 1. The highest BCUT2D eigenvalue weighted by molar-refractivity contribution is 9.10. The zero-order valence-electron chi connectivity index (χ0n) is 15.2. The van der Waals surface area contributed by atoms with E-state index in [9.17, 15) is 4.79 Å². The van der Waals surface area contributed by atoms with Crippen molar-refractivity contribution in [1.29, 1.82) is 0 Å². The Morgan fingerprint density at radius 3 is 2.52 bits per heavy atom. The van der Waals surface area contributed by atoms with E-state index in [-0.39, 0.29) is 11.2 Å². The second-order valence-electron chi connectivity index (χ2n) is 6.06. The Balaban J connectivity index is 1.67. The molecule has 0 aliphatic carbocycles. The fourth-order valence-electron chi connectivity index (χ4n) is 2.62. The molecule has 3 aromatic rings. The van der Waals surface area contributed by atoms with Gasteiger partial charge in [-0.15, -0.1) is 10.2 Å². The summed E-state index contributed by atoms with van der Waals surface area (Å²) in [5.41, 5.74) is 1.97. The van der Waals surface area contributed by atoms with Crippen LogP contribution in [0.25, 0.3) is 0 Å². The maximum atomic E-state index is 12.5. The Kier molecular flexibility index (Phi) is 6.68. The van der Waals surface area contributed by atoms with Crippen LogP contribution in [0.5, 0.6) is 0 Å². The molecule has 7 heteroatoms. The van der Waals surface area contributed by atoms with Crippen LogP contribution in [0.3, 0.4) is 0 Å². The molecular weight excluding hydrogens is 424 g/mol. The molecule has 0 fully saturated rings. The number of anilines is 1. The first kappa shape index (κ1) is 19.6. The van der Waals surface area contributed by atoms with Crippen LogP contribution in [0.4, 0.5) is 5.69 Å². The molecule has 27 heavy (non-hydrogen) atoms. The van der Waals surface area contributed by atoms with Gasteiger partial charge >= 0.3 is 0 Å². The SMILES string of the molecule is CCn1c(Cc2ccccc2)nnc1SC(C)C(=O)Nc1ccc(Br)cc1. The number of carbonyl (C=O) groups excluding carboxylic acids is 1. The van der Waals surface area contributed by atoms with Crippen molar-refractivity contribution in [3.63, 3.8) is 0 Å². The summed E-state index contributed by atoms with van der Waals surface area (Å²) in [6.07, 6.45) is 0.724. The van der Waals surface area contributed by atoms with E-state index in [1.165, 1.54) is 17.3 Å². The molecule has 5 nitrogen and oxygen atoms in total. The summed E-state index contributed by atoms with van der Waals surface area (Å²) < 4.78 is 3.05. The average molecular weight is 445 g/mol. The second-order valence-corrected chi connectivity index (χ2v) is 8.29. The van der Waals surface area contributed by atoms with Crippen LogP contribution >= 0.6 is 27.7 Å².